The van der Waals surface area contributed by atoms with Gasteiger partial charge in [-0.05, 0) is 42.5 Å². The fraction of sp³-hybridized carbons (Fsp3) is 0. The molecule has 5 heteroatoms. The average molecular weight is 594 g/mol. The van der Waals surface area contributed by atoms with Crippen LogP contribution in [0.4, 0.5) is 0 Å². The zero-order valence-electron chi connectivity index (χ0n) is 23.9. The van der Waals surface area contributed by atoms with Gasteiger partial charge in [-0.3, -0.25) is 4.57 Å². The van der Waals surface area contributed by atoms with Crippen molar-refractivity contribution in [2.75, 3.05) is 0 Å². The molecular formula is C40H23N3OS. The van der Waals surface area contributed by atoms with Gasteiger partial charge < -0.3 is 4.42 Å². The first kappa shape index (κ1) is 24.6. The number of nitrogens with zero attached hydrogens (tertiary/aromatic N) is 3. The maximum absolute atomic E-state index is 6.15. The van der Waals surface area contributed by atoms with Crippen molar-refractivity contribution in [3.8, 4) is 28.5 Å². The Hall–Kier alpha value is -5.78. The van der Waals surface area contributed by atoms with Crippen molar-refractivity contribution in [1.82, 2.24) is 14.5 Å². The van der Waals surface area contributed by atoms with Crippen molar-refractivity contribution in [3.05, 3.63) is 140 Å². The number of para-hydroxylation sites is 2. The highest BCUT2D eigenvalue weighted by Crippen LogP contribution is 2.43. The fourth-order valence-electron chi connectivity index (χ4n) is 6.76. The Morgan fingerprint density at radius 2 is 1.18 bits per heavy atom. The van der Waals surface area contributed by atoms with Crippen molar-refractivity contribution in [3.63, 3.8) is 0 Å². The highest BCUT2D eigenvalue weighted by molar-refractivity contribution is 7.26. The van der Waals surface area contributed by atoms with Gasteiger partial charge in [0.25, 0.3) is 0 Å². The molecule has 0 amide bonds. The highest BCUT2D eigenvalue weighted by Gasteiger charge is 2.20. The number of hydrogen-bond acceptors (Lipinski definition) is 4. The SMILES string of the molecule is c1ccc(-c2cc(-c3ccc4oc5ccccc5c4c3)nc(-n3c4ccccc4c4ccc5c6ccccc6sc5c43)n2)cc1. The molecule has 0 aliphatic carbocycles. The van der Waals surface area contributed by atoms with Crippen LogP contribution in [0.25, 0.3) is 92.4 Å². The number of hydrogen-bond donors (Lipinski definition) is 0. The Labute approximate surface area is 261 Å². The van der Waals surface area contributed by atoms with Gasteiger partial charge in [0.05, 0.1) is 27.1 Å². The predicted molar refractivity (Wildman–Crippen MR) is 187 cm³/mol. The molecule has 0 unspecified atom stereocenters. The Bertz CT molecular complexity index is 2770. The molecule has 0 fully saturated rings. The Balaban J connectivity index is 1.31. The lowest BCUT2D eigenvalue weighted by Gasteiger charge is -2.12. The van der Waals surface area contributed by atoms with Gasteiger partial charge in [0.15, 0.2) is 0 Å². The third kappa shape index (κ3) is 3.65. The second-order valence-corrected chi connectivity index (χ2v) is 12.5. The summed E-state index contributed by atoms with van der Waals surface area (Å²) in [6.45, 7) is 0. The summed E-state index contributed by atoms with van der Waals surface area (Å²) in [6.07, 6.45) is 0. The minimum atomic E-state index is 0.652. The monoisotopic (exact) mass is 593 g/mol. The second kappa shape index (κ2) is 9.36. The van der Waals surface area contributed by atoms with Crippen LogP contribution in [0.5, 0.6) is 0 Å². The lowest BCUT2D eigenvalue weighted by atomic mass is 10.0. The molecule has 0 radical (unpaired) electrons. The number of aromatic nitrogens is 3. The number of fused-ring (bicyclic) bond motifs is 10. The standard InChI is InChI=1S/C40H23N3OS/c1-2-10-24(11-3-1)32-23-33(25-18-21-36-31(22-25)27-13-5-8-16-35(27)44-36)42-40(41-32)43-34-15-7-4-12-26(34)29-19-20-30-28-14-6-9-17-37(28)45-39(30)38(29)43/h1-23H. The molecule has 10 aromatic rings. The zero-order chi connectivity index (χ0) is 29.5. The number of furan rings is 1. The molecule has 0 saturated heterocycles. The van der Waals surface area contributed by atoms with Gasteiger partial charge >= 0.3 is 0 Å². The van der Waals surface area contributed by atoms with Gasteiger partial charge in [-0.25, -0.2) is 9.97 Å². The fourth-order valence-corrected chi connectivity index (χ4v) is 8.00. The van der Waals surface area contributed by atoms with Crippen LogP contribution in [0.3, 0.4) is 0 Å². The molecule has 0 atom stereocenters. The van der Waals surface area contributed by atoms with E-state index in [4.69, 9.17) is 14.4 Å². The first-order valence-electron chi connectivity index (χ1n) is 15.0. The van der Waals surface area contributed by atoms with E-state index in [2.05, 4.69) is 126 Å². The van der Waals surface area contributed by atoms with Crippen LogP contribution in [-0.4, -0.2) is 14.5 Å². The normalized spacial score (nSPS) is 12.0. The van der Waals surface area contributed by atoms with E-state index in [0.717, 1.165) is 55.5 Å². The second-order valence-electron chi connectivity index (χ2n) is 11.4. The largest absolute Gasteiger partial charge is 0.456 e. The molecule has 4 aromatic heterocycles. The van der Waals surface area contributed by atoms with Gasteiger partial charge in [-0.1, -0.05) is 97.1 Å². The third-order valence-electron chi connectivity index (χ3n) is 8.84. The zero-order valence-corrected chi connectivity index (χ0v) is 24.8. The average Bonchev–Trinajstić information content (AvgIpc) is 3.78. The summed E-state index contributed by atoms with van der Waals surface area (Å²) >= 11 is 1.83. The maximum Gasteiger partial charge on any atom is 0.235 e. The van der Waals surface area contributed by atoms with E-state index >= 15 is 0 Å². The lowest BCUT2D eigenvalue weighted by molar-refractivity contribution is 0.669. The van der Waals surface area contributed by atoms with Crippen molar-refractivity contribution in [2.24, 2.45) is 0 Å². The lowest BCUT2D eigenvalue weighted by Crippen LogP contribution is -2.04. The maximum atomic E-state index is 6.15. The van der Waals surface area contributed by atoms with E-state index in [1.165, 1.54) is 30.9 Å². The van der Waals surface area contributed by atoms with Crippen LogP contribution in [0.2, 0.25) is 0 Å². The van der Waals surface area contributed by atoms with E-state index in [1.807, 2.05) is 29.5 Å². The molecule has 0 spiro atoms. The van der Waals surface area contributed by atoms with Crippen molar-refractivity contribution in [1.29, 1.82) is 0 Å². The molecule has 0 saturated carbocycles. The van der Waals surface area contributed by atoms with Crippen molar-refractivity contribution in [2.45, 2.75) is 0 Å². The third-order valence-corrected chi connectivity index (χ3v) is 10.0. The van der Waals surface area contributed by atoms with Gasteiger partial charge in [-0.2, -0.15) is 0 Å². The van der Waals surface area contributed by atoms with Crippen LogP contribution < -0.4 is 0 Å². The summed E-state index contributed by atoms with van der Waals surface area (Å²) in [5, 5.41) is 7.09. The molecule has 6 aromatic carbocycles. The quantitative estimate of drug-likeness (QED) is 0.205. The number of benzene rings is 6. The number of thiophene rings is 1. The molecule has 210 valence electrons. The van der Waals surface area contributed by atoms with Crippen LogP contribution in [0.15, 0.2) is 144 Å². The first-order valence-corrected chi connectivity index (χ1v) is 15.8. The topological polar surface area (TPSA) is 43.9 Å². The Morgan fingerprint density at radius 1 is 0.489 bits per heavy atom. The highest BCUT2D eigenvalue weighted by atomic mass is 32.1. The van der Waals surface area contributed by atoms with Gasteiger partial charge in [0, 0.05) is 48.1 Å². The minimum absolute atomic E-state index is 0.652. The van der Waals surface area contributed by atoms with Crippen LogP contribution in [-0.2, 0) is 0 Å². The summed E-state index contributed by atoms with van der Waals surface area (Å²) in [4.78, 5) is 10.6. The smallest absolute Gasteiger partial charge is 0.235 e. The Kier molecular flexibility index (Phi) is 5.12. The van der Waals surface area contributed by atoms with Crippen LogP contribution >= 0.6 is 11.3 Å². The Morgan fingerprint density at radius 3 is 2.07 bits per heavy atom. The van der Waals surface area contributed by atoms with Gasteiger partial charge in [0.1, 0.15) is 11.2 Å². The molecule has 10 rings (SSSR count). The first-order chi connectivity index (χ1) is 22.3. The van der Waals surface area contributed by atoms with E-state index < -0.39 is 0 Å². The van der Waals surface area contributed by atoms with E-state index in [0.29, 0.717) is 5.95 Å². The summed E-state index contributed by atoms with van der Waals surface area (Å²) in [7, 11) is 0. The minimum Gasteiger partial charge on any atom is -0.456 e. The molecule has 4 heterocycles. The molecule has 4 nitrogen and oxygen atoms in total. The van der Waals surface area contributed by atoms with E-state index in [9.17, 15) is 0 Å². The summed E-state index contributed by atoms with van der Waals surface area (Å²) in [5.41, 5.74) is 7.78. The molecular weight excluding hydrogens is 571 g/mol. The van der Waals surface area contributed by atoms with Crippen molar-refractivity contribution < 1.29 is 4.42 Å². The van der Waals surface area contributed by atoms with Crippen molar-refractivity contribution >= 4 is 75.3 Å². The molecule has 0 bridgehead atoms. The van der Waals surface area contributed by atoms with E-state index in [-0.39, 0.29) is 0 Å². The summed E-state index contributed by atoms with van der Waals surface area (Å²) in [6, 6.07) is 48.8. The molecule has 0 aliphatic rings. The van der Waals surface area contributed by atoms with Crippen LogP contribution in [0, 0.1) is 0 Å². The summed E-state index contributed by atoms with van der Waals surface area (Å²) in [5.74, 6) is 0.652. The predicted octanol–water partition coefficient (Wildman–Crippen LogP) is 11.2. The molecule has 0 N–H and O–H groups in total. The van der Waals surface area contributed by atoms with Crippen LogP contribution in [0.1, 0.15) is 0 Å². The molecule has 45 heavy (non-hydrogen) atoms. The van der Waals surface area contributed by atoms with Gasteiger partial charge in [-0.15, -0.1) is 11.3 Å². The van der Waals surface area contributed by atoms with Gasteiger partial charge in [0.2, 0.25) is 5.95 Å². The molecule has 0 aliphatic heterocycles. The number of rotatable bonds is 3. The van der Waals surface area contributed by atoms with E-state index in [1.54, 1.807) is 0 Å². The summed E-state index contributed by atoms with van der Waals surface area (Å²) < 4.78 is 10.9.